The van der Waals surface area contributed by atoms with Crippen LogP contribution in [0.4, 0.5) is 0 Å². The fraction of sp³-hybridized carbons (Fsp3) is 0.538. The highest BCUT2D eigenvalue weighted by molar-refractivity contribution is 6.30. The summed E-state index contributed by atoms with van der Waals surface area (Å²) in [5.41, 5.74) is 2.46. The van der Waals surface area contributed by atoms with Gasteiger partial charge < -0.3 is 15.7 Å². The number of halogens is 2. The number of hydrogen-bond donors (Lipinski definition) is 3. The van der Waals surface area contributed by atoms with E-state index in [4.69, 9.17) is 11.6 Å². The third kappa shape index (κ3) is 4.11. The fourth-order valence-electron chi connectivity index (χ4n) is 2.18. The Kier molecular flexibility index (Phi) is 6.39. The van der Waals surface area contributed by atoms with Gasteiger partial charge in [0.1, 0.15) is 0 Å². The number of nitrogens with one attached hydrogen (secondary N) is 2. The molecule has 0 bridgehead atoms. The maximum absolute atomic E-state index is 9.66. The smallest absolute Gasteiger partial charge is 0.0716 e. The van der Waals surface area contributed by atoms with Crippen molar-refractivity contribution in [2.75, 3.05) is 19.6 Å². The van der Waals surface area contributed by atoms with Crippen LogP contribution in [0.2, 0.25) is 5.02 Å². The van der Waals surface area contributed by atoms with E-state index in [1.807, 2.05) is 18.2 Å². The van der Waals surface area contributed by atoms with Crippen LogP contribution in [-0.2, 0) is 6.54 Å². The first-order valence-electron chi connectivity index (χ1n) is 6.01. The van der Waals surface area contributed by atoms with Gasteiger partial charge in [-0.25, -0.2) is 0 Å². The van der Waals surface area contributed by atoms with Crippen LogP contribution in [0.5, 0.6) is 0 Å². The van der Waals surface area contributed by atoms with Gasteiger partial charge in [0.15, 0.2) is 0 Å². The topological polar surface area (TPSA) is 44.3 Å². The average Bonchev–Trinajstić information content (AvgIpc) is 2.68. The first kappa shape index (κ1) is 15.7. The van der Waals surface area contributed by atoms with E-state index >= 15 is 0 Å². The third-order valence-corrected chi connectivity index (χ3v) is 3.57. The van der Waals surface area contributed by atoms with Crippen molar-refractivity contribution in [1.82, 2.24) is 10.6 Å². The largest absolute Gasteiger partial charge is 0.391 e. The number of aryl methyl sites for hydroxylation is 1. The van der Waals surface area contributed by atoms with Gasteiger partial charge in [-0.2, -0.15) is 0 Å². The predicted octanol–water partition coefficient (Wildman–Crippen LogP) is 1.74. The first-order valence-corrected chi connectivity index (χ1v) is 6.39. The number of benzene rings is 1. The monoisotopic (exact) mass is 290 g/mol. The van der Waals surface area contributed by atoms with Gasteiger partial charge in [-0.05, 0) is 30.2 Å². The van der Waals surface area contributed by atoms with Crippen molar-refractivity contribution < 1.29 is 5.11 Å². The quantitative estimate of drug-likeness (QED) is 0.792. The molecule has 18 heavy (non-hydrogen) atoms. The standard InChI is InChI=1S/C13H19ClN2O.ClH/c1-9-4-12(14)3-2-10(9)5-15-6-11-7-16-8-13(11)17;/h2-4,11,13,15-17H,5-8H2,1H3;1H. The SMILES string of the molecule is Cc1cc(Cl)ccc1CNCC1CNCC1O.Cl. The molecule has 0 aliphatic carbocycles. The molecule has 1 aliphatic heterocycles. The highest BCUT2D eigenvalue weighted by Crippen LogP contribution is 2.15. The maximum Gasteiger partial charge on any atom is 0.0716 e. The fourth-order valence-corrected chi connectivity index (χ4v) is 2.40. The van der Waals surface area contributed by atoms with Crippen LogP contribution in [-0.4, -0.2) is 30.8 Å². The van der Waals surface area contributed by atoms with E-state index in [2.05, 4.69) is 17.6 Å². The summed E-state index contributed by atoms with van der Waals surface area (Å²) in [6, 6.07) is 5.94. The molecule has 1 aliphatic rings. The molecule has 2 rings (SSSR count). The van der Waals surface area contributed by atoms with E-state index in [0.717, 1.165) is 24.7 Å². The van der Waals surface area contributed by atoms with Crippen molar-refractivity contribution in [3.05, 3.63) is 34.3 Å². The van der Waals surface area contributed by atoms with Crippen LogP contribution in [0.3, 0.4) is 0 Å². The zero-order valence-electron chi connectivity index (χ0n) is 10.4. The normalized spacial score (nSPS) is 22.8. The van der Waals surface area contributed by atoms with E-state index in [1.165, 1.54) is 11.1 Å². The Hall–Kier alpha value is -0.320. The minimum Gasteiger partial charge on any atom is -0.391 e. The molecular formula is C13H20Cl2N2O. The molecule has 5 heteroatoms. The zero-order chi connectivity index (χ0) is 12.3. The van der Waals surface area contributed by atoms with Gasteiger partial charge in [-0.15, -0.1) is 12.4 Å². The lowest BCUT2D eigenvalue weighted by atomic mass is 10.1. The van der Waals surface area contributed by atoms with Crippen LogP contribution in [0, 0.1) is 12.8 Å². The van der Waals surface area contributed by atoms with Crippen LogP contribution < -0.4 is 10.6 Å². The highest BCUT2D eigenvalue weighted by atomic mass is 35.5. The van der Waals surface area contributed by atoms with Gasteiger partial charge in [-0.3, -0.25) is 0 Å². The molecule has 0 radical (unpaired) electrons. The summed E-state index contributed by atoms with van der Waals surface area (Å²) in [6.45, 7) is 5.34. The van der Waals surface area contributed by atoms with Crippen molar-refractivity contribution in [3.63, 3.8) is 0 Å². The van der Waals surface area contributed by atoms with Gasteiger partial charge in [0.25, 0.3) is 0 Å². The van der Waals surface area contributed by atoms with Gasteiger partial charge in [0.2, 0.25) is 0 Å². The number of β-amino-alcohol motifs (C(OH)–C–C–N with tert-alkyl or cyclic N) is 1. The van der Waals surface area contributed by atoms with Crippen molar-refractivity contribution in [3.8, 4) is 0 Å². The number of aliphatic hydroxyl groups excluding tert-OH is 1. The second kappa shape index (κ2) is 7.31. The Labute approximate surface area is 119 Å². The van der Waals surface area contributed by atoms with E-state index in [0.29, 0.717) is 12.5 Å². The second-order valence-electron chi connectivity index (χ2n) is 4.69. The molecule has 1 aromatic carbocycles. The summed E-state index contributed by atoms with van der Waals surface area (Å²) in [7, 11) is 0. The van der Waals surface area contributed by atoms with Crippen molar-refractivity contribution >= 4 is 24.0 Å². The Morgan fingerprint density at radius 3 is 2.83 bits per heavy atom. The Morgan fingerprint density at radius 1 is 1.44 bits per heavy atom. The lowest BCUT2D eigenvalue weighted by Crippen LogP contribution is -2.30. The second-order valence-corrected chi connectivity index (χ2v) is 5.12. The summed E-state index contributed by atoms with van der Waals surface area (Å²) in [4.78, 5) is 0. The maximum atomic E-state index is 9.66. The van der Waals surface area contributed by atoms with Gasteiger partial charge in [0.05, 0.1) is 6.10 Å². The Balaban J connectivity index is 0.00000162. The average molecular weight is 291 g/mol. The minimum atomic E-state index is -0.214. The van der Waals surface area contributed by atoms with Crippen molar-refractivity contribution in [1.29, 1.82) is 0 Å². The summed E-state index contributed by atoms with van der Waals surface area (Å²) < 4.78 is 0. The zero-order valence-corrected chi connectivity index (χ0v) is 12.0. The molecule has 1 saturated heterocycles. The van der Waals surface area contributed by atoms with Crippen molar-refractivity contribution in [2.24, 2.45) is 5.92 Å². The molecule has 1 heterocycles. The lowest BCUT2D eigenvalue weighted by Gasteiger charge is -2.15. The molecule has 0 saturated carbocycles. The predicted molar refractivity (Wildman–Crippen MR) is 77.5 cm³/mol. The van der Waals surface area contributed by atoms with Crippen molar-refractivity contribution in [2.45, 2.75) is 19.6 Å². The molecule has 0 spiro atoms. The highest BCUT2D eigenvalue weighted by Gasteiger charge is 2.23. The summed E-state index contributed by atoms with van der Waals surface area (Å²) in [6.07, 6.45) is -0.214. The molecule has 1 fully saturated rings. The first-order chi connectivity index (χ1) is 8.16. The summed E-state index contributed by atoms with van der Waals surface area (Å²) in [5, 5.41) is 17.0. The molecular weight excluding hydrogens is 271 g/mol. The van der Waals surface area contributed by atoms with Crippen LogP contribution >= 0.6 is 24.0 Å². The van der Waals surface area contributed by atoms with Crippen LogP contribution in [0.1, 0.15) is 11.1 Å². The van der Waals surface area contributed by atoms with Gasteiger partial charge in [-0.1, -0.05) is 17.7 Å². The number of aliphatic hydroxyl groups is 1. The Morgan fingerprint density at radius 2 is 2.22 bits per heavy atom. The molecule has 0 aromatic heterocycles. The third-order valence-electron chi connectivity index (χ3n) is 3.33. The van der Waals surface area contributed by atoms with E-state index in [1.54, 1.807) is 0 Å². The van der Waals surface area contributed by atoms with Gasteiger partial charge >= 0.3 is 0 Å². The molecule has 102 valence electrons. The Bertz CT molecular complexity index is 387. The molecule has 3 N–H and O–H groups in total. The molecule has 2 atom stereocenters. The van der Waals surface area contributed by atoms with Crippen LogP contribution in [0.25, 0.3) is 0 Å². The van der Waals surface area contributed by atoms with E-state index in [-0.39, 0.29) is 18.5 Å². The molecule has 3 nitrogen and oxygen atoms in total. The van der Waals surface area contributed by atoms with E-state index in [9.17, 15) is 5.11 Å². The number of hydrogen-bond acceptors (Lipinski definition) is 3. The molecule has 2 unspecified atom stereocenters. The van der Waals surface area contributed by atoms with Gasteiger partial charge in [0, 0.05) is 37.1 Å². The van der Waals surface area contributed by atoms with Crippen LogP contribution in [0.15, 0.2) is 18.2 Å². The summed E-state index contributed by atoms with van der Waals surface area (Å²) in [5.74, 6) is 0.322. The molecule has 0 amide bonds. The lowest BCUT2D eigenvalue weighted by molar-refractivity contribution is 0.146. The molecule has 1 aromatic rings. The minimum absolute atomic E-state index is 0. The van der Waals surface area contributed by atoms with E-state index < -0.39 is 0 Å². The summed E-state index contributed by atoms with van der Waals surface area (Å²) >= 11 is 5.91. The number of rotatable bonds is 4.